The maximum atomic E-state index is 13.2. The molecule has 4 atom stereocenters. The highest BCUT2D eigenvalue weighted by Gasteiger charge is 2.32. The quantitative estimate of drug-likeness (QED) is 0.329. The molecule has 0 bridgehead atoms. The van der Waals surface area contributed by atoms with Crippen molar-refractivity contribution in [2.45, 2.75) is 44.4 Å². The van der Waals surface area contributed by atoms with E-state index < -0.39 is 24.1 Å². The molecular weight excluding hydrogens is 474 g/mol. The first-order chi connectivity index (χ1) is 17.2. The van der Waals surface area contributed by atoms with Gasteiger partial charge in [-0.15, -0.1) is 0 Å². The van der Waals surface area contributed by atoms with Crippen LogP contribution in [0.5, 0.6) is 0 Å². The lowest BCUT2D eigenvalue weighted by Crippen LogP contribution is -2.53. The Bertz CT molecular complexity index is 823. The van der Waals surface area contributed by atoms with Gasteiger partial charge in [0.05, 0.1) is 45.0 Å². The number of nitrogens with one attached hydrogen (secondary N) is 2. The van der Waals surface area contributed by atoms with Crippen molar-refractivity contribution in [2.75, 3.05) is 66.8 Å². The number of hydrogen-bond acceptors (Lipinski definition) is 9. The minimum absolute atomic E-state index is 0.0882. The Labute approximate surface area is 210 Å². The summed E-state index contributed by atoms with van der Waals surface area (Å²) in [6.07, 6.45) is 0.00276. The third-order valence-corrected chi connectivity index (χ3v) is 6.23. The van der Waals surface area contributed by atoms with Gasteiger partial charge in [-0.25, -0.2) is 9.79 Å². The maximum absolute atomic E-state index is 13.2. The summed E-state index contributed by atoms with van der Waals surface area (Å²) in [5, 5.41) is 5.36. The van der Waals surface area contributed by atoms with Crippen LogP contribution < -0.4 is 10.6 Å². The van der Waals surface area contributed by atoms with Crippen LogP contribution in [0.25, 0.3) is 0 Å². The molecule has 0 radical (unpaired) electrons. The zero-order valence-corrected chi connectivity index (χ0v) is 21.2. The Morgan fingerprint density at radius 3 is 2.61 bits per heavy atom. The number of morpholine rings is 1. The maximum Gasteiger partial charge on any atom is 0.413 e. The number of rotatable bonds is 7. The van der Waals surface area contributed by atoms with E-state index in [9.17, 15) is 19.2 Å². The molecular formula is C23H37N5O8. The van der Waals surface area contributed by atoms with Gasteiger partial charge < -0.3 is 34.1 Å². The molecule has 36 heavy (non-hydrogen) atoms. The molecule has 4 unspecified atom stereocenters. The van der Waals surface area contributed by atoms with E-state index in [1.165, 1.54) is 4.90 Å². The van der Waals surface area contributed by atoms with Crippen LogP contribution in [0.3, 0.4) is 0 Å². The molecule has 3 rings (SSSR count). The Morgan fingerprint density at radius 1 is 1.19 bits per heavy atom. The smallest absolute Gasteiger partial charge is 0.413 e. The Balaban J connectivity index is 1.77. The number of amides is 3. The zero-order valence-electron chi connectivity index (χ0n) is 21.2. The highest BCUT2D eigenvalue weighted by molar-refractivity contribution is 5.98. The summed E-state index contributed by atoms with van der Waals surface area (Å²) in [6.45, 7) is 4.81. The van der Waals surface area contributed by atoms with Gasteiger partial charge in [0.2, 0.25) is 17.8 Å². The molecule has 13 heteroatoms. The number of carbonyl (C=O) groups excluding carboxylic acids is 4. The number of aliphatic imine (C=N–C) groups is 1. The fraction of sp³-hybridized carbons (Fsp3) is 0.783. The van der Waals surface area contributed by atoms with E-state index in [1.54, 1.807) is 19.0 Å². The van der Waals surface area contributed by atoms with Crippen molar-refractivity contribution in [1.29, 1.82) is 0 Å². The molecule has 13 nitrogen and oxygen atoms in total. The number of carbonyl (C=O) groups is 4. The van der Waals surface area contributed by atoms with Crippen molar-refractivity contribution < 1.29 is 38.1 Å². The molecule has 2 N–H and O–H groups in total. The van der Waals surface area contributed by atoms with Gasteiger partial charge in [-0.05, 0) is 13.3 Å². The number of ether oxygens (including phenoxy) is 4. The minimum atomic E-state index is -1.17. The predicted molar refractivity (Wildman–Crippen MR) is 127 cm³/mol. The molecule has 202 valence electrons. The van der Waals surface area contributed by atoms with Crippen LogP contribution in [0.15, 0.2) is 4.99 Å². The third-order valence-electron chi connectivity index (χ3n) is 6.23. The van der Waals surface area contributed by atoms with E-state index in [0.29, 0.717) is 45.9 Å². The lowest BCUT2D eigenvalue weighted by molar-refractivity contribution is -0.138. The van der Waals surface area contributed by atoms with Gasteiger partial charge in [0.25, 0.3) is 0 Å². The molecule has 0 aromatic carbocycles. The normalized spacial score (nSPS) is 25.8. The van der Waals surface area contributed by atoms with Crippen LogP contribution in [0.1, 0.15) is 26.2 Å². The van der Waals surface area contributed by atoms with Crippen LogP contribution in [0, 0.1) is 5.92 Å². The SMILES string of the molecule is CC1CC(NC(=O)C(CC(=O)N(C)C)N=C(NC(=O)OCC2CCOC2)N2CCOCC2)C(=O)CO1. The van der Waals surface area contributed by atoms with Gasteiger partial charge >= 0.3 is 6.09 Å². The van der Waals surface area contributed by atoms with Crippen LogP contribution in [-0.2, 0) is 33.3 Å². The molecule has 3 heterocycles. The molecule has 0 aromatic rings. The summed E-state index contributed by atoms with van der Waals surface area (Å²) in [7, 11) is 3.16. The third kappa shape index (κ3) is 8.42. The zero-order chi connectivity index (χ0) is 26.1. The highest BCUT2D eigenvalue weighted by atomic mass is 16.6. The second kappa shape index (κ2) is 13.5. The highest BCUT2D eigenvalue weighted by Crippen LogP contribution is 2.14. The van der Waals surface area contributed by atoms with Crippen LogP contribution in [0.4, 0.5) is 4.79 Å². The minimum Gasteiger partial charge on any atom is -0.449 e. The molecule has 0 aliphatic carbocycles. The number of nitrogens with zero attached hydrogens (tertiary/aromatic N) is 3. The van der Waals surface area contributed by atoms with E-state index in [1.807, 2.05) is 6.92 Å². The monoisotopic (exact) mass is 511 g/mol. The van der Waals surface area contributed by atoms with E-state index in [2.05, 4.69) is 15.6 Å². The van der Waals surface area contributed by atoms with E-state index in [4.69, 9.17) is 18.9 Å². The fourth-order valence-corrected chi connectivity index (χ4v) is 3.96. The number of hydrogen-bond donors (Lipinski definition) is 2. The van der Waals surface area contributed by atoms with Crippen molar-refractivity contribution in [3.8, 4) is 0 Å². The van der Waals surface area contributed by atoms with E-state index in [0.717, 1.165) is 6.42 Å². The van der Waals surface area contributed by atoms with Crippen LogP contribution in [-0.4, -0.2) is 124 Å². The van der Waals surface area contributed by atoms with Crippen LogP contribution >= 0.6 is 0 Å². The average molecular weight is 512 g/mol. The van der Waals surface area contributed by atoms with Gasteiger partial charge in [0.1, 0.15) is 12.6 Å². The van der Waals surface area contributed by atoms with Gasteiger partial charge in [-0.3, -0.25) is 19.7 Å². The van der Waals surface area contributed by atoms with Gasteiger partial charge in [0.15, 0.2) is 5.78 Å². The summed E-state index contributed by atoms with van der Waals surface area (Å²) in [6, 6.07) is -1.90. The number of alkyl carbamates (subject to hydrolysis) is 1. The van der Waals surface area contributed by atoms with Crippen molar-refractivity contribution in [1.82, 2.24) is 20.4 Å². The summed E-state index contributed by atoms with van der Waals surface area (Å²) < 4.78 is 21.4. The number of ketones is 1. The van der Waals surface area contributed by atoms with Crippen molar-refractivity contribution in [2.24, 2.45) is 10.9 Å². The van der Waals surface area contributed by atoms with Crippen molar-refractivity contribution in [3.05, 3.63) is 0 Å². The lowest BCUT2D eigenvalue weighted by Gasteiger charge is -2.31. The van der Waals surface area contributed by atoms with Crippen molar-refractivity contribution >= 4 is 29.7 Å². The number of guanidine groups is 1. The van der Waals surface area contributed by atoms with E-state index >= 15 is 0 Å². The first-order valence-corrected chi connectivity index (χ1v) is 12.3. The Hall–Kier alpha value is -2.77. The summed E-state index contributed by atoms with van der Waals surface area (Å²) >= 11 is 0. The molecule has 3 amide bonds. The summed E-state index contributed by atoms with van der Waals surface area (Å²) in [4.78, 5) is 58.3. The molecule has 3 aliphatic rings. The van der Waals surface area contributed by atoms with Gasteiger partial charge in [0, 0.05) is 46.1 Å². The fourth-order valence-electron chi connectivity index (χ4n) is 3.96. The summed E-state index contributed by atoms with van der Waals surface area (Å²) in [5.74, 6) is -0.897. The molecule has 3 fully saturated rings. The Morgan fingerprint density at radius 2 is 1.94 bits per heavy atom. The predicted octanol–water partition coefficient (Wildman–Crippen LogP) is -0.853. The molecule has 0 saturated carbocycles. The van der Waals surface area contributed by atoms with Crippen LogP contribution in [0.2, 0.25) is 0 Å². The lowest BCUT2D eigenvalue weighted by atomic mass is 10.0. The second-order valence-corrected chi connectivity index (χ2v) is 9.40. The number of Topliss-reactive ketones (excluding diaryl/α,β-unsaturated/α-hetero) is 1. The topological polar surface area (TPSA) is 148 Å². The standard InChI is InChI=1S/C23H37N5O8/c1-15-10-17(19(29)14-35-15)24-21(31)18(11-20(30)27(2)3)25-22(28-5-8-33-9-6-28)26-23(32)36-13-16-4-7-34-12-16/h15-18H,4-14H2,1-3H3,(H,24,31)(H,25,26,32). The second-order valence-electron chi connectivity index (χ2n) is 9.40. The van der Waals surface area contributed by atoms with Gasteiger partial charge in [-0.2, -0.15) is 0 Å². The van der Waals surface area contributed by atoms with Crippen molar-refractivity contribution in [3.63, 3.8) is 0 Å². The van der Waals surface area contributed by atoms with E-state index in [-0.39, 0.29) is 49.3 Å². The average Bonchev–Trinajstić information content (AvgIpc) is 3.38. The molecule has 3 saturated heterocycles. The molecule has 3 aliphatic heterocycles. The largest absolute Gasteiger partial charge is 0.449 e. The Kier molecular flexibility index (Phi) is 10.4. The first-order valence-electron chi connectivity index (χ1n) is 12.3. The molecule has 0 aromatic heterocycles. The first kappa shape index (κ1) is 27.8. The summed E-state index contributed by atoms with van der Waals surface area (Å²) in [5.41, 5.74) is 0. The van der Waals surface area contributed by atoms with Gasteiger partial charge in [-0.1, -0.05) is 0 Å². The molecule has 0 spiro atoms.